The van der Waals surface area contributed by atoms with Crippen molar-refractivity contribution in [2.75, 3.05) is 6.54 Å². The highest BCUT2D eigenvalue weighted by atomic mass is 35.5. The van der Waals surface area contributed by atoms with Gasteiger partial charge in [-0.15, -0.1) is 0 Å². The van der Waals surface area contributed by atoms with Crippen LogP contribution in [0.2, 0.25) is 5.02 Å². The zero-order valence-corrected chi connectivity index (χ0v) is 15.3. The van der Waals surface area contributed by atoms with Gasteiger partial charge in [0.1, 0.15) is 0 Å². The number of aliphatic carboxylic acids is 2. The Morgan fingerprint density at radius 1 is 1.00 bits per heavy atom. The number of hydrogen-bond donors (Lipinski definition) is 3. The molecule has 0 bridgehead atoms. The van der Waals surface area contributed by atoms with Gasteiger partial charge < -0.3 is 15.5 Å². The number of carboxylic acids is 2. The van der Waals surface area contributed by atoms with E-state index >= 15 is 0 Å². The summed E-state index contributed by atoms with van der Waals surface area (Å²) in [6.45, 7) is 1.12. The standard InChI is InChI=1S/C16H20ClN.C4H4O4/c17-14-8-6-13(7-9-14)15-5-4-12-18-16(15)10-2-1-3-11-16;5-3(6)1-2-4(7)8/h5-9,18H,1-4,10-12H2;1-2H,(H,5,6)(H,7,8)/b;2-1+. The number of benzene rings is 1. The molecule has 26 heavy (non-hydrogen) atoms. The first-order valence-corrected chi connectivity index (χ1v) is 9.16. The van der Waals surface area contributed by atoms with E-state index in [-0.39, 0.29) is 5.54 Å². The van der Waals surface area contributed by atoms with Crippen molar-refractivity contribution in [2.45, 2.75) is 44.1 Å². The van der Waals surface area contributed by atoms with E-state index in [2.05, 4.69) is 23.5 Å². The maximum absolute atomic E-state index is 9.55. The van der Waals surface area contributed by atoms with Crippen LogP contribution in [0.4, 0.5) is 0 Å². The highest BCUT2D eigenvalue weighted by Gasteiger charge is 2.37. The van der Waals surface area contributed by atoms with Gasteiger partial charge in [0.15, 0.2) is 0 Å². The second-order valence-corrected chi connectivity index (χ2v) is 6.93. The number of nitrogens with one attached hydrogen (secondary N) is 1. The Morgan fingerprint density at radius 2 is 1.58 bits per heavy atom. The molecule has 0 unspecified atom stereocenters. The molecule has 1 spiro atoms. The Kier molecular flexibility index (Phi) is 7.42. The van der Waals surface area contributed by atoms with Gasteiger partial charge in [-0.1, -0.05) is 49.1 Å². The first-order valence-electron chi connectivity index (χ1n) is 8.78. The van der Waals surface area contributed by atoms with Crippen molar-refractivity contribution < 1.29 is 19.8 Å². The number of hydrogen-bond acceptors (Lipinski definition) is 3. The minimum Gasteiger partial charge on any atom is -0.478 e. The number of halogens is 1. The fourth-order valence-corrected chi connectivity index (χ4v) is 3.71. The maximum atomic E-state index is 9.55. The van der Waals surface area contributed by atoms with Crippen LogP contribution in [-0.4, -0.2) is 34.2 Å². The third-order valence-electron chi connectivity index (χ3n) is 4.70. The van der Waals surface area contributed by atoms with E-state index in [1.54, 1.807) is 0 Å². The lowest BCUT2D eigenvalue weighted by Gasteiger charge is -2.43. The molecule has 1 aliphatic carbocycles. The molecule has 1 saturated carbocycles. The molecule has 0 aromatic heterocycles. The highest BCUT2D eigenvalue weighted by molar-refractivity contribution is 6.30. The molecule has 1 fully saturated rings. The van der Waals surface area contributed by atoms with Gasteiger partial charge in [0.2, 0.25) is 0 Å². The van der Waals surface area contributed by atoms with Gasteiger partial charge in [-0.2, -0.15) is 0 Å². The van der Waals surface area contributed by atoms with Crippen molar-refractivity contribution in [1.82, 2.24) is 5.32 Å². The van der Waals surface area contributed by atoms with E-state index < -0.39 is 11.9 Å². The molecule has 0 radical (unpaired) electrons. The van der Waals surface area contributed by atoms with Gasteiger partial charge in [0.05, 0.1) is 0 Å². The highest BCUT2D eigenvalue weighted by Crippen LogP contribution is 2.41. The molecule has 0 saturated heterocycles. The molecule has 5 nitrogen and oxygen atoms in total. The predicted octanol–water partition coefficient (Wildman–Crippen LogP) is 4.13. The van der Waals surface area contributed by atoms with Crippen molar-refractivity contribution in [1.29, 1.82) is 0 Å². The first-order chi connectivity index (χ1) is 12.4. The molecule has 1 aromatic carbocycles. The van der Waals surface area contributed by atoms with Gasteiger partial charge >= 0.3 is 11.9 Å². The second-order valence-electron chi connectivity index (χ2n) is 6.49. The molecule has 0 amide bonds. The van der Waals surface area contributed by atoms with Gasteiger partial charge in [0, 0.05) is 22.7 Å². The average molecular weight is 378 g/mol. The van der Waals surface area contributed by atoms with E-state index in [4.69, 9.17) is 21.8 Å². The molecule has 3 N–H and O–H groups in total. The van der Waals surface area contributed by atoms with Crippen molar-refractivity contribution >= 4 is 29.1 Å². The topological polar surface area (TPSA) is 86.6 Å². The van der Waals surface area contributed by atoms with Gasteiger partial charge in [-0.05, 0) is 49.1 Å². The predicted molar refractivity (Wildman–Crippen MR) is 102 cm³/mol. The van der Waals surface area contributed by atoms with Crippen LogP contribution in [0.25, 0.3) is 5.57 Å². The summed E-state index contributed by atoms with van der Waals surface area (Å²) in [5, 5.41) is 20.2. The van der Waals surface area contributed by atoms with Crippen LogP contribution >= 0.6 is 11.6 Å². The fraction of sp³-hybridized carbons (Fsp3) is 0.400. The molecular weight excluding hydrogens is 354 g/mol. The zero-order chi connectivity index (χ0) is 19.0. The third-order valence-corrected chi connectivity index (χ3v) is 4.95. The molecule has 1 heterocycles. The summed E-state index contributed by atoms with van der Waals surface area (Å²) in [5.41, 5.74) is 3.09. The largest absolute Gasteiger partial charge is 0.478 e. The SMILES string of the molecule is Clc1ccc(C2=CCCNC23CCCCC3)cc1.O=C(O)/C=C/C(=O)O. The van der Waals surface area contributed by atoms with Gasteiger partial charge in [-0.3, -0.25) is 0 Å². The molecule has 3 rings (SSSR count). The van der Waals surface area contributed by atoms with E-state index in [1.165, 1.54) is 43.2 Å². The Morgan fingerprint density at radius 3 is 2.12 bits per heavy atom. The summed E-state index contributed by atoms with van der Waals surface area (Å²) in [5.74, 6) is -2.51. The summed E-state index contributed by atoms with van der Waals surface area (Å²) in [6.07, 6.45) is 11.3. The van der Waals surface area contributed by atoms with Crippen LogP contribution < -0.4 is 5.32 Å². The van der Waals surface area contributed by atoms with Gasteiger partial charge in [-0.25, -0.2) is 9.59 Å². The Hall–Kier alpha value is -2.11. The van der Waals surface area contributed by atoms with Crippen LogP contribution in [0.15, 0.2) is 42.5 Å². The maximum Gasteiger partial charge on any atom is 0.328 e. The van der Waals surface area contributed by atoms with E-state index in [0.717, 1.165) is 18.0 Å². The Balaban J connectivity index is 0.000000260. The van der Waals surface area contributed by atoms with Crippen LogP contribution in [0, 0.1) is 0 Å². The monoisotopic (exact) mass is 377 g/mol. The van der Waals surface area contributed by atoms with Crippen LogP contribution in [-0.2, 0) is 9.59 Å². The molecule has 140 valence electrons. The summed E-state index contributed by atoms with van der Waals surface area (Å²) < 4.78 is 0. The van der Waals surface area contributed by atoms with Crippen LogP contribution in [0.1, 0.15) is 44.1 Å². The van der Waals surface area contributed by atoms with Crippen molar-refractivity contribution in [3.05, 3.63) is 53.1 Å². The summed E-state index contributed by atoms with van der Waals surface area (Å²) in [4.78, 5) is 19.1. The molecular formula is C20H24ClNO4. The lowest BCUT2D eigenvalue weighted by Crippen LogP contribution is -2.49. The lowest BCUT2D eigenvalue weighted by molar-refractivity contribution is -0.134. The van der Waals surface area contributed by atoms with Crippen LogP contribution in [0.3, 0.4) is 0 Å². The van der Waals surface area contributed by atoms with E-state index in [9.17, 15) is 9.59 Å². The quantitative estimate of drug-likeness (QED) is 0.689. The third kappa shape index (κ3) is 5.71. The van der Waals surface area contributed by atoms with Gasteiger partial charge in [0.25, 0.3) is 0 Å². The molecule has 1 aliphatic heterocycles. The minimum atomic E-state index is -1.26. The molecule has 0 atom stereocenters. The Labute approximate surface area is 158 Å². The second kappa shape index (κ2) is 9.55. The molecule has 1 aromatic rings. The van der Waals surface area contributed by atoms with E-state index in [0.29, 0.717) is 12.2 Å². The smallest absolute Gasteiger partial charge is 0.328 e. The fourth-order valence-electron chi connectivity index (χ4n) is 3.59. The van der Waals surface area contributed by atoms with E-state index in [1.807, 2.05) is 12.1 Å². The lowest BCUT2D eigenvalue weighted by atomic mass is 9.72. The normalized spacial score (nSPS) is 18.7. The Bertz CT molecular complexity index is 672. The minimum absolute atomic E-state index is 0.240. The van der Waals surface area contributed by atoms with Crippen molar-refractivity contribution in [2.24, 2.45) is 0 Å². The molecule has 2 aliphatic rings. The van der Waals surface area contributed by atoms with Crippen LogP contribution in [0.5, 0.6) is 0 Å². The zero-order valence-electron chi connectivity index (χ0n) is 14.6. The molecule has 6 heteroatoms. The average Bonchev–Trinajstić information content (AvgIpc) is 2.63. The first kappa shape index (κ1) is 20.2. The summed E-state index contributed by atoms with van der Waals surface area (Å²) in [6, 6.07) is 8.33. The van der Waals surface area contributed by atoms with Crippen molar-refractivity contribution in [3.63, 3.8) is 0 Å². The summed E-state index contributed by atoms with van der Waals surface area (Å²) in [7, 11) is 0. The number of carbonyl (C=O) groups is 2. The number of rotatable bonds is 3. The number of carboxylic acid groups (broad SMARTS) is 2. The summed E-state index contributed by atoms with van der Waals surface area (Å²) >= 11 is 5.99. The van der Waals surface area contributed by atoms with Crippen molar-refractivity contribution in [3.8, 4) is 0 Å².